The van der Waals surface area contributed by atoms with E-state index in [4.69, 9.17) is 5.11 Å². The summed E-state index contributed by atoms with van der Waals surface area (Å²) in [6, 6.07) is 7.95. The summed E-state index contributed by atoms with van der Waals surface area (Å²) >= 11 is 7.55. The normalized spacial score (nSPS) is 12.9. The van der Waals surface area contributed by atoms with Gasteiger partial charge in [-0.15, -0.1) is 0 Å². The van der Waals surface area contributed by atoms with E-state index in [1.807, 2.05) is 24.3 Å². The largest absolute Gasteiger partial charge is 0.396 e. The zero-order chi connectivity index (χ0) is 8.97. The Morgan fingerprint density at radius 3 is 2.75 bits per heavy atom. The van der Waals surface area contributed by atoms with E-state index >= 15 is 0 Å². The van der Waals surface area contributed by atoms with Crippen molar-refractivity contribution < 1.29 is 5.11 Å². The monoisotopic (exact) mass is 246 g/mol. The Morgan fingerprint density at radius 2 is 2.25 bits per heavy atom. The van der Waals surface area contributed by atoms with Crippen molar-refractivity contribution in [2.45, 2.75) is 5.92 Å². The molecule has 0 heterocycles. The quantitative estimate of drug-likeness (QED) is 0.786. The number of aliphatic hydroxyl groups is 1. The van der Waals surface area contributed by atoms with Crippen molar-refractivity contribution in [3.63, 3.8) is 0 Å². The van der Waals surface area contributed by atoms with Crippen LogP contribution in [0, 0.1) is 0 Å². The number of benzene rings is 1. The first-order chi connectivity index (χ1) is 5.77. The Morgan fingerprint density at radius 1 is 1.50 bits per heavy atom. The first-order valence-electron chi connectivity index (χ1n) is 3.75. The standard InChI is InChI=1S/C9H11BrOS/c10-9-3-1-2-7(4-9)8(5-11)6-12/h1-4,8,11-12H,5-6H2. The molecule has 0 aliphatic heterocycles. The van der Waals surface area contributed by atoms with Crippen LogP contribution in [-0.4, -0.2) is 17.5 Å². The molecular formula is C9H11BrOS. The lowest BCUT2D eigenvalue weighted by Gasteiger charge is -2.11. The van der Waals surface area contributed by atoms with Crippen LogP contribution in [0.2, 0.25) is 0 Å². The summed E-state index contributed by atoms with van der Waals surface area (Å²) in [5, 5.41) is 9.01. The molecule has 12 heavy (non-hydrogen) atoms. The molecule has 3 heteroatoms. The fraction of sp³-hybridized carbons (Fsp3) is 0.333. The zero-order valence-corrected chi connectivity index (χ0v) is 9.05. The molecular weight excluding hydrogens is 236 g/mol. The molecule has 0 aliphatic carbocycles. The maximum absolute atomic E-state index is 9.01. The van der Waals surface area contributed by atoms with Crippen LogP contribution in [0.4, 0.5) is 0 Å². The third kappa shape index (κ3) is 2.51. The molecule has 1 nitrogen and oxygen atoms in total. The molecule has 1 atom stereocenters. The maximum Gasteiger partial charge on any atom is 0.0507 e. The first kappa shape index (κ1) is 10.1. The molecule has 1 aromatic rings. The van der Waals surface area contributed by atoms with E-state index in [1.165, 1.54) is 0 Å². The van der Waals surface area contributed by atoms with E-state index in [-0.39, 0.29) is 12.5 Å². The zero-order valence-electron chi connectivity index (χ0n) is 6.57. The van der Waals surface area contributed by atoms with Gasteiger partial charge in [0.1, 0.15) is 0 Å². The highest BCUT2D eigenvalue weighted by atomic mass is 79.9. The van der Waals surface area contributed by atoms with Crippen LogP contribution in [0.15, 0.2) is 28.7 Å². The average molecular weight is 247 g/mol. The molecule has 0 aromatic heterocycles. The van der Waals surface area contributed by atoms with Gasteiger partial charge < -0.3 is 5.11 Å². The Hall–Kier alpha value is 0.01000. The molecule has 1 N–H and O–H groups in total. The van der Waals surface area contributed by atoms with Crippen molar-refractivity contribution >= 4 is 28.6 Å². The number of rotatable bonds is 3. The Labute approximate surface area is 86.3 Å². The minimum absolute atomic E-state index is 0.144. The van der Waals surface area contributed by atoms with Crippen molar-refractivity contribution in [3.8, 4) is 0 Å². The van der Waals surface area contributed by atoms with Crippen molar-refractivity contribution in [2.24, 2.45) is 0 Å². The van der Waals surface area contributed by atoms with Crippen LogP contribution in [0.1, 0.15) is 11.5 Å². The molecule has 0 radical (unpaired) electrons. The van der Waals surface area contributed by atoms with Crippen LogP contribution >= 0.6 is 28.6 Å². The number of hydrogen-bond donors (Lipinski definition) is 2. The van der Waals surface area contributed by atoms with Gasteiger partial charge in [-0.3, -0.25) is 0 Å². The Balaban J connectivity index is 2.85. The van der Waals surface area contributed by atoms with Crippen LogP contribution in [0.5, 0.6) is 0 Å². The van der Waals surface area contributed by atoms with Gasteiger partial charge in [0, 0.05) is 10.4 Å². The van der Waals surface area contributed by atoms with E-state index in [2.05, 4.69) is 28.6 Å². The van der Waals surface area contributed by atoms with Crippen molar-refractivity contribution in [1.29, 1.82) is 0 Å². The van der Waals surface area contributed by atoms with Crippen LogP contribution in [-0.2, 0) is 0 Å². The number of halogens is 1. The summed E-state index contributed by atoms with van der Waals surface area (Å²) in [4.78, 5) is 0. The van der Waals surface area contributed by atoms with Gasteiger partial charge in [-0.1, -0.05) is 28.1 Å². The van der Waals surface area contributed by atoms with Gasteiger partial charge in [-0.25, -0.2) is 0 Å². The smallest absolute Gasteiger partial charge is 0.0507 e. The summed E-state index contributed by atoms with van der Waals surface area (Å²) < 4.78 is 1.04. The SMILES string of the molecule is OCC(CS)c1cccc(Br)c1. The highest BCUT2D eigenvalue weighted by Crippen LogP contribution is 2.20. The van der Waals surface area contributed by atoms with E-state index in [0.717, 1.165) is 10.0 Å². The molecule has 0 saturated carbocycles. The average Bonchev–Trinajstić information content (AvgIpc) is 2.07. The van der Waals surface area contributed by atoms with Gasteiger partial charge in [0.05, 0.1) is 6.61 Å². The van der Waals surface area contributed by atoms with E-state index in [1.54, 1.807) is 0 Å². The lowest BCUT2D eigenvalue weighted by atomic mass is 10.0. The van der Waals surface area contributed by atoms with Gasteiger partial charge in [0.25, 0.3) is 0 Å². The summed E-state index contributed by atoms with van der Waals surface area (Å²) in [6.45, 7) is 0.153. The molecule has 0 fully saturated rings. The van der Waals surface area contributed by atoms with Gasteiger partial charge in [-0.05, 0) is 23.4 Å². The molecule has 1 aromatic carbocycles. The van der Waals surface area contributed by atoms with Crippen LogP contribution < -0.4 is 0 Å². The first-order valence-corrected chi connectivity index (χ1v) is 5.17. The summed E-state index contributed by atoms with van der Waals surface area (Å²) in [5.74, 6) is 0.818. The number of thiol groups is 1. The third-order valence-electron chi connectivity index (χ3n) is 1.76. The van der Waals surface area contributed by atoms with Crippen molar-refractivity contribution in [1.82, 2.24) is 0 Å². The second-order valence-corrected chi connectivity index (χ2v) is 3.90. The highest BCUT2D eigenvalue weighted by Gasteiger charge is 2.07. The summed E-state index contributed by atoms with van der Waals surface area (Å²) in [6.07, 6.45) is 0. The topological polar surface area (TPSA) is 20.2 Å². The minimum Gasteiger partial charge on any atom is -0.396 e. The highest BCUT2D eigenvalue weighted by molar-refractivity contribution is 9.10. The Bertz CT molecular complexity index is 248. The lowest BCUT2D eigenvalue weighted by molar-refractivity contribution is 0.275. The van der Waals surface area contributed by atoms with Gasteiger partial charge in [0.15, 0.2) is 0 Å². The molecule has 1 unspecified atom stereocenters. The second kappa shape index (κ2) is 4.90. The molecule has 1 rings (SSSR count). The third-order valence-corrected chi connectivity index (χ3v) is 2.69. The van der Waals surface area contributed by atoms with Gasteiger partial charge in [0.2, 0.25) is 0 Å². The number of hydrogen-bond acceptors (Lipinski definition) is 2. The predicted molar refractivity (Wildman–Crippen MR) is 57.8 cm³/mol. The molecule has 66 valence electrons. The van der Waals surface area contributed by atoms with E-state index in [9.17, 15) is 0 Å². The van der Waals surface area contributed by atoms with Gasteiger partial charge >= 0.3 is 0 Å². The molecule has 0 saturated heterocycles. The summed E-state index contributed by atoms with van der Waals surface area (Å²) in [5.41, 5.74) is 1.13. The molecule has 0 spiro atoms. The molecule has 0 aliphatic rings. The summed E-state index contributed by atoms with van der Waals surface area (Å²) in [7, 11) is 0. The van der Waals surface area contributed by atoms with Crippen LogP contribution in [0.3, 0.4) is 0 Å². The van der Waals surface area contributed by atoms with E-state index in [0.29, 0.717) is 5.75 Å². The predicted octanol–water partition coefficient (Wildman–Crippen LogP) is 2.45. The fourth-order valence-electron chi connectivity index (χ4n) is 1.03. The van der Waals surface area contributed by atoms with Crippen molar-refractivity contribution in [2.75, 3.05) is 12.4 Å². The van der Waals surface area contributed by atoms with E-state index < -0.39 is 0 Å². The van der Waals surface area contributed by atoms with Crippen molar-refractivity contribution in [3.05, 3.63) is 34.3 Å². The fourth-order valence-corrected chi connectivity index (χ4v) is 1.77. The second-order valence-electron chi connectivity index (χ2n) is 2.62. The minimum atomic E-state index is 0.144. The molecule has 0 bridgehead atoms. The number of aliphatic hydroxyl groups excluding tert-OH is 1. The molecule has 0 amide bonds. The lowest BCUT2D eigenvalue weighted by Crippen LogP contribution is -2.05. The van der Waals surface area contributed by atoms with Crippen LogP contribution in [0.25, 0.3) is 0 Å². The Kier molecular flexibility index (Phi) is 4.12. The van der Waals surface area contributed by atoms with Gasteiger partial charge in [-0.2, -0.15) is 12.6 Å². The maximum atomic E-state index is 9.01.